The van der Waals surface area contributed by atoms with E-state index in [4.69, 9.17) is 11.6 Å². The quantitative estimate of drug-likeness (QED) is 0.607. The standard InChI is InChI=1S/C13H17ClF3NO2S/c1-10(9-14)5-4-8-18-21(19,20)12-7-3-2-6-11(12)13(15,16)17/h2-3,6-7,10,18H,4-5,8-9H2,1H3. The fraction of sp³-hybridized carbons (Fsp3) is 0.538. The molecular formula is C13H17ClF3NO2S. The molecule has 1 rings (SSSR count). The maximum atomic E-state index is 12.8. The molecule has 3 nitrogen and oxygen atoms in total. The van der Waals surface area contributed by atoms with Gasteiger partial charge in [0, 0.05) is 12.4 Å². The molecule has 1 aromatic rings. The van der Waals surface area contributed by atoms with Gasteiger partial charge < -0.3 is 0 Å². The summed E-state index contributed by atoms with van der Waals surface area (Å²) in [6.45, 7) is 2.00. The number of hydrogen-bond acceptors (Lipinski definition) is 2. The van der Waals surface area contributed by atoms with Crippen LogP contribution in [-0.2, 0) is 16.2 Å². The topological polar surface area (TPSA) is 46.2 Å². The Hall–Kier alpha value is -0.790. The Balaban J connectivity index is 2.80. The lowest BCUT2D eigenvalue weighted by molar-refractivity contribution is -0.139. The molecule has 0 radical (unpaired) electrons. The zero-order valence-electron chi connectivity index (χ0n) is 11.5. The van der Waals surface area contributed by atoms with Crippen molar-refractivity contribution < 1.29 is 21.6 Å². The van der Waals surface area contributed by atoms with Crippen LogP contribution in [0.5, 0.6) is 0 Å². The van der Waals surface area contributed by atoms with Crippen LogP contribution in [0.25, 0.3) is 0 Å². The van der Waals surface area contributed by atoms with Crippen molar-refractivity contribution in [1.82, 2.24) is 4.72 Å². The normalized spacial score (nSPS) is 14.1. The minimum Gasteiger partial charge on any atom is -0.211 e. The average molecular weight is 344 g/mol. The molecule has 120 valence electrons. The lowest BCUT2D eigenvalue weighted by Crippen LogP contribution is -2.27. The molecule has 8 heteroatoms. The minimum atomic E-state index is -4.71. The highest BCUT2D eigenvalue weighted by molar-refractivity contribution is 7.89. The summed E-state index contributed by atoms with van der Waals surface area (Å²) in [6, 6.07) is 4.13. The molecule has 0 aliphatic heterocycles. The predicted molar refractivity (Wildman–Crippen MR) is 75.8 cm³/mol. The van der Waals surface area contributed by atoms with E-state index >= 15 is 0 Å². The number of alkyl halides is 4. The first-order valence-corrected chi connectivity index (χ1v) is 8.42. The molecule has 0 saturated carbocycles. The third-order valence-corrected chi connectivity index (χ3v) is 4.96. The molecule has 0 amide bonds. The SMILES string of the molecule is CC(CCl)CCCNS(=O)(=O)c1ccccc1C(F)(F)F. The van der Waals surface area contributed by atoms with E-state index in [9.17, 15) is 21.6 Å². The van der Waals surface area contributed by atoms with Crippen molar-refractivity contribution in [3.05, 3.63) is 29.8 Å². The van der Waals surface area contributed by atoms with Gasteiger partial charge in [0.1, 0.15) is 0 Å². The molecule has 0 spiro atoms. The van der Waals surface area contributed by atoms with Crippen LogP contribution in [0.15, 0.2) is 29.2 Å². The molecule has 0 aromatic heterocycles. The summed E-state index contributed by atoms with van der Waals surface area (Å²) in [5, 5.41) is 0. The van der Waals surface area contributed by atoms with Crippen molar-refractivity contribution in [1.29, 1.82) is 0 Å². The summed E-state index contributed by atoms with van der Waals surface area (Å²) in [4.78, 5) is -0.747. The summed E-state index contributed by atoms with van der Waals surface area (Å²) in [5.41, 5.74) is -1.16. The van der Waals surface area contributed by atoms with Gasteiger partial charge in [-0.15, -0.1) is 11.6 Å². The van der Waals surface area contributed by atoms with Crippen LogP contribution in [0.2, 0.25) is 0 Å². The molecule has 21 heavy (non-hydrogen) atoms. The largest absolute Gasteiger partial charge is 0.417 e. The van der Waals surface area contributed by atoms with Crippen molar-refractivity contribution in [2.24, 2.45) is 5.92 Å². The van der Waals surface area contributed by atoms with Gasteiger partial charge in [-0.1, -0.05) is 19.1 Å². The summed E-state index contributed by atoms with van der Waals surface area (Å²) >= 11 is 5.62. The van der Waals surface area contributed by atoms with Gasteiger partial charge >= 0.3 is 6.18 Å². The molecule has 0 aliphatic carbocycles. The van der Waals surface area contributed by atoms with Crippen LogP contribution in [0.4, 0.5) is 13.2 Å². The molecule has 0 heterocycles. The van der Waals surface area contributed by atoms with Gasteiger partial charge in [-0.25, -0.2) is 13.1 Å². The Morgan fingerprint density at radius 3 is 2.48 bits per heavy atom. The van der Waals surface area contributed by atoms with Crippen LogP contribution >= 0.6 is 11.6 Å². The Morgan fingerprint density at radius 2 is 1.90 bits per heavy atom. The van der Waals surface area contributed by atoms with Crippen LogP contribution in [0, 0.1) is 5.92 Å². The lowest BCUT2D eigenvalue weighted by atomic mass is 10.1. The van der Waals surface area contributed by atoms with Gasteiger partial charge in [0.2, 0.25) is 10.0 Å². The Kier molecular flexibility index (Phi) is 6.49. The fourth-order valence-corrected chi connectivity index (χ4v) is 3.20. The smallest absolute Gasteiger partial charge is 0.211 e. The summed E-state index contributed by atoms with van der Waals surface area (Å²) in [6.07, 6.45) is -3.49. The third-order valence-electron chi connectivity index (χ3n) is 2.91. The first-order valence-electron chi connectivity index (χ1n) is 6.40. The van der Waals surface area contributed by atoms with Gasteiger partial charge in [-0.3, -0.25) is 0 Å². The van der Waals surface area contributed by atoms with E-state index in [1.165, 1.54) is 6.07 Å². The van der Waals surface area contributed by atoms with E-state index in [1.807, 2.05) is 6.92 Å². The van der Waals surface area contributed by atoms with Gasteiger partial charge in [-0.05, 0) is 30.9 Å². The highest BCUT2D eigenvalue weighted by Crippen LogP contribution is 2.33. The minimum absolute atomic E-state index is 0.0791. The molecule has 0 saturated heterocycles. The Labute approximate surface area is 127 Å². The number of benzene rings is 1. The maximum Gasteiger partial charge on any atom is 0.417 e. The second-order valence-electron chi connectivity index (χ2n) is 4.79. The number of nitrogens with one attached hydrogen (secondary N) is 1. The maximum absolute atomic E-state index is 12.8. The van der Waals surface area contributed by atoms with Crippen LogP contribution < -0.4 is 4.72 Å². The van der Waals surface area contributed by atoms with Gasteiger partial charge in [-0.2, -0.15) is 13.2 Å². The highest BCUT2D eigenvalue weighted by atomic mass is 35.5. The van der Waals surface area contributed by atoms with Crippen LogP contribution in [0.3, 0.4) is 0 Å². The zero-order valence-corrected chi connectivity index (χ0v) is 13.0. The molecule has 1 aromatic carbocycles. The Morgan fingerprint density at radius 1 is 1.29 bits per heavy atom. The van der Waals surface area contributed by atoms with E-state index in [1.54, 1.807) is 0 Å². The van der Waals surface area contributed by atoms with E-state index in [0.29, 0.717) is 18.7 Å². The lowest BCUT2D eigenvalue weighted by Gasteiger charge is -2.14. The van der Waals surface area contributed by atoms with Crippen LogP contribution in [-0.4, -0.2) is 20.8 Å². The summed E-state index contributed by atoms with van der Waals surface area (Å²) in [5.74, 6) is 0.697. The predicted octanol–water partition coefficient (Wildman–Crippen LogP) is 3.64. The van der Waals surface area contributed by atoms with Crippen molar-refractivity contribution in [2.75, 3.05) is 12.4 Å². The number of halogens is 4. The second-order valence-corrected chi connectivity index (χ2v) is 6.84. The van der Waals surface area contributed by atoms with Gasteiger partial charge in [0.05, 0.1) is 10.5 Å². The average Bonchev–Trinajstić information content (AvgIpc) is 2.42. The number of rotatable bonds is 7. The van der Waals surface area contributed by atoms with Crippen LogP contribution in [0.1, 0.15) is 25.3 Å². The molecule has 0 bridgehead atoms. The van der Waals surface area contributed by atoms with E-state index in [-0.39, 0.29) is 12.5 Å². The van der Waals surface area contributed by atoms with E-state index < -0.39 is 26.7 Å². The molecule has 1 N–H and O–H groups in total. The number of hydrogen-bond donors (Lipinski definition) is 1. The summed E-state index contributed by atoms with van der Waals surface area (Å²) in [7, 11) is -4.18. The fourth-order valence-electron chi connectivity index (χ4n) is 1.75. The first-order chi connectivity index (χ1) is 9.68. The second kappa shape index (κ2) is 7.47. The molecule has 1 unspecified atom stereocenters. The monoisotopic (exact) mass is 343 g/mol. The number of sulfonamides is 1. The Bertz CT molecular complexity index is 561. The molecule has 0 fully saturated rings. The zero-order chi connectivity index (χ0) is 16.1. The van der Waals surface area contributed by atoms with E-state index in [2.05, 4.69) is 4.72 Å². The van der Waals surface area contributed by atoms with Crippen molar-refractivity contribution >= 4 is 21.6 Å². The summed E-state index contributed by atoms with van der Waals surface area (Å²) < 4.78 is 64.6. The van der Waals surface area contributed by atoms with E-state index in [0.717, 1.165) is 18.2 Å². The third kappa shape index (κ3) is 5.48. The molecule has 1 atom stereocenters. The molecular weight excluding hydrogens is 327 g/mol. The van der Waals surface area contributed by atoms with Crippen molar-refractivity contribution in [2.45, 2.75) is 30.8 Å². The van der Waals surface area contributed by atoms with Gasteiger partial charge in [0.25, 0.3) is 0 Å². The van der Waals surface area contributed by atoms with Crippen molar-refractivity contribution in [3.63, 3.8) is 0 Å². The highest BCUT2D eigenvalue weighted by Gasteiger charge is 2.36. The van der Waals surface area contributed by atoms with Gasteiger partial charge in [0.15, 0.2) is 0 Å². The van der Waals surface area contributed by atoms with Crippen molar-refractivity contribution in [3.8, 4) is 0 Å². The first kappa shape index (κ1) is 18.3. The molecule has 0 aliphatic rings.